The lowest BCUT2D eigenvalue weighted by Gasteiger charge is -2.28. The molecule has 1 fully saturated rings. The molecule has 1 aliphatic rings. The summed E-state index contributed by atoms with van der Waals surface area (Å²) in [6.07, 6.45) is 3.93. The SMILES string of the molecule is Cc1nn(C)c(N=Nc2ccc(N3CCCCC3)cc2)[n+]1C. The topological polar surface area (TPSA) is 49.7 Å². The highest BCUT2D eigenvalue weighted by atomic mass is 15.4. The molecule has 22 heavy (non-hydrogen) atoms. The van der Waals surface area contributed by atoms with Crippen LogP contribution in [0.4, 0.5) is 17.3 Å². The van der Waals surface area contributed by atoms with Gasteiger partial charge in [-0.05, 0) is 48.6 Å². The maximum absolute atomic E-state index is 4.32. The van der Waals surface area contributed by atoms with Crippen LogP contribution in [0.2, 0.25) is 0 Å². The monoisotopic (exact) mass is 299 g/mol. The van der Waals surface area contributed by atoms with E-state index in [-0.39, 0.29) is 0 Å². The van der Waals surface area contributed by atoms with Crippen molar-refractivity contribution in [3.63, 3.8) is 0 Å². The number of hydrogen-bond donors (Lipinski definition) is 0. The Hall–Kier alpha value is -2.24. The molecule has 1 saturated heterocycles. The molecule has 3 rings (SSSR count). The van der Waals surface area contributed by atoms with Gasteiger partial charge in [-0.1, -0.05) is 5.11 Å². The van der Waals surface area contributed by atoms with Crippen molar-refractivity contribution in [3.05, 3.63) is 30.1 Å². The number of anilines is 1. The van der Waals surface area contributed by atoms with Crippen LogP contribution in [-0.4, -0.2) is 22.9 Å². The molecule has 2 heterocycles. The zero-order valence-electron chi connectivity index (χ0n) is 13.5. The van der Waals surface area contributed by atoms with Gasteiger partial charge < -0.3 is 4.90 Å². The summed E-state index contributed by atoms with van der Waals surface area (Å²) in [5.74, 6) is 1.65. The third-order valence-corrected chi connectivity index (χ3v) is 4.20. The number of azo groups is 1. The molecule has 116 valence electrons. The molecular formula is C16H23N6+. The van der Waals surface area contributed by atoms with E-state index >= 15 is 0 Å². The molecule has 1 aliphatic heterocycles. The van der Waals surface area contributed by atoms with E-state index in [9.17, 15) is 0 Å². The molecule has 6 nitrogen and oxygen atoms in total. The number of nitrogens with zero attached hydrogens (tertiary/aromatic N) is 6. The first kappa shape index (κ1) is 14.7. The van der Waals surface area contributed by atoms with E-state index in [0.29, 0.717) is 0 Å². The largest absolute Gasteiger partial charge is 0.403 e. The van der Waals surface area contributed by atoms with E-state index in [1.54, 1.807) is 4.68 Å². The van der Waals surface area contributed by atoms with Crippen molar-refractivity contribution in [3.8, 4) is 0 Å². The van der Waals surface area contributed by atoms with Crippen LogP contribution in [0.1, 0.15) is 25.1 Å². The predicted octanol–water partition coefficient (Wildman–Crippen LogP) is 2.96. The van der Waals surface area contributed by atoms with Crippen LogP contribution in [-0.2, 0) is 14.1 Å². The summed E-state index contributed by atoms with van der Waals surface area (Å²) in [7, 11) is 3.82. The van der Waals surface area contributed by atoms with Gasteiger partial charge in [0.15, 0.2) is 0 Å². The number of hydrogen-bond acceptors (Lipinski definition) is 4. The van der Waals surface area contributed by atoms with Gasteiger partial charge in [0, 0.05) is 30.8 Å². The van der Waals surface area contributed by atoms with Gasteiger partial charge in [0.2, 0.25) is 5.82 Å². The zero-order chi connectivity index (χ0) is 15.5. The molecular weight excluding hydrogens is 276 g/mol. The maximum Gasteiger partial charge on any atom is 0.403 e. The molecule has 0 bridgehead atoms. The van der Waals surface area contributed by atoms with Crippen molar-refractivity contribution in [1.82, 2.24) is 9.78 Å². The zero-order valence-corrected chi connectivity index (χ0v) is 13.5. The Morgan fingerprint density at radius 2 is 1.73 bits per heavy atom. The van der Waals surface area contributed by atoms with Crippen LogP contribution >= 0.6 is 0 Å². The first-order valence-electron chi connectivity index (χ1n) is 7.81. The van der Waals surface area contributed by atoms with Crippen LogP contribution < -0.4 is 9.47 Å². The fraction of sp³-hybridized carbons (Fsp3) is 0.500. The Morgan fingerprint density at radius 3 is 2.32 bits per heavy atom. The molecule has 1 aromatic carbocycles. The fourth-order valence-electron chi connectivity index (χ4n) is 2.81. The molecule has 0 amide bonds. The van der Waals surface area contributed by atoms with Crippen molar-refractivity contribution >= 4 is 17.3 Å². The smallest absolute Gasteiger partial charge is 0.372 e. The Morgan fingerprint density at radius 1 is 1.05 bits per heavy atom. The van der Waals surface area contributed by atoms with E-state index in [0.717, 1.165) is 30.5 Å². The van der Waals surface area contributed by atoms with Crippen LogP contribution in [0, 0.1) is 6.92 Å². The van der Waals surface area contributed by atoms with Crippen LogP contribution in [0.25, 0.3) is 0 Å². The normalized spacial score (nSPS) is 15.7. The van der Waals surface area contributed by atoms with Gasteiger partial charge in [-0.15, -0.1) is 4.68 Å². The lowest BCUT2D eigenvalue weighted by atomic mass is 10.1. The number of rotatable bonds is 3. The minimum absolute atomic E-state index is 0.734. The summed E-state index contributed by atoms with van der Waals surface area (Å²) in [5, 5.41) is 13.0. The second-order valence-electron chi connectivity index (χ2n) is 5.79. The minimum atomic E-state index is 0.734. The lowest BCUT2D eigenvalue weighted by Crippen LogP contribution is -2.29. The molecule has 0 aliphatic carbocycles. The molecule has 2 aromatic rings. The number of piperidine rings is 1. The summed E-state index contributed by atoms with van der Waals surface area (Å²) < 4.78 is 3.66. The molecule has 0 N–H and O–H groups in total. The van der Waals surface area contributed by atoms with Crippen molar-refractivity contribution < 1.29 is 4.57 Å². The van der Waals surface area contributed by atoms with E-state index in [4.69, 9.17) is 0 Å². The summed E-state index contributed by atoms with van der Waals surface area (Å²) in [5.41, 5.74) is 2.14. The van der Waals surface area contributed by atoms with Gasteiger partial charge in [-0.25, -0.2) is 4.57 Å². The summed E-state index contributed by atoms with van der Waals surface area (Å²) in [4.78, 5) is 2.44. The Labute approximate surface area is 131 Å². The van der Waals surface area contributed by atoms with Crippen molar-refractivity contribution in [2.24, 2.45) is 24.3 Å². The number of aryl methyl sites for hydroxylation is 2. The molecule has 0 saturated carbocycles. The third-order valence-electron chi connectivity index (χ3n) is 4.20. The lowest BCUT2D eigenvalue weighted by molar-refractivity contribution is -0.665. The highest BCUT2D eigenvalue weighted by molar-refractivity contribution is 5.52. The van der Waals surface area contributed by atoms with Gasteiger partial charge in [0.05, 0.1) is 19.8 Å². The molecule has 0 spiro atoms. The van der Waals surface area contributed by atoms with Crippen LogP contribution in [0.15, 0.2) is 34.5 Å². The highest BCUT2D eigenvalue weighted by Crippen LogP contribution is 2.23. The highest BCUT2D eigenvalue weighted by Gasteiger charge is 2.16. The Bertz CT molecular complexity index is 665. The first-order chi connectivity index (χ1) is 10.6. The average Bonchev–Trinajstić information content (AvgIpc) is 2.79. The number of benzene rings is 1. The minimum Gasteiger partial charge on any atom is -0.372 e. The van der Waals surface area contributed by atoms with Gasteiger partial charge in [0.25, 0.3) is 0 Å². The third kappa shape index (κ3) is 3.00. The van der Waals surface area contributed by atoms with Crippen molar-refractivity contribution in [2.75, 3.05) is 18.0 Å². The van der Waals surface area contributed by atoms with Crippen molar-refractivity contribution in [1.29, 1.82) is 0 Å². The molecule has 0 radical (unpaired) electrons. The van der Waals surface area contributed by atoms with Gasteiger partial charge in [-0.3, -0.25) is 0 Å². The first-order valence-corrected chi connectivity index (χ1v) is 7.81. The van der Waals surface area contributed by atoms with Crippen LogP contribution in [0.5, 0.6) is 0 Å². The van der Waals surface area contributed by atoms with Gasteiger partial charge in [0.1, 0.15) is 0 Å². The van der Waals surface area contributed by atoms with Crippen LogP contribution in [0.3, 0.4) is 0 Å². The Balaban J connectivity index is 1.74. The van der Waals surface area contributed by atoms with Gasteiger partial charge in [-0.2, -0.15) is 0 Å². The second-order valence-corrected chi connectivity index (χ2v) is 5.79. The predicted molar refractivity (Wildman–Crippen MR) is 85.8 cm³/mol. The molecule has 0 unspecified atom stereocenters. The molecule has 1 aromatic heterocycles. The summed E-state index contributed by atoms with van der Waals surface area (Å²) in [6, 6.07) is 8.32. The summed E-state index contributed by atoms with van der Waals surface area (Å²) >= 11 is 0. The van der Waals surface area contributed by atoms with E-state index in [1.807, 2.05) is 37.7 Å². The number of aromatic nitrogens is 3. The Kier molecular flexibility index (Phi) is 4.18. The standard InChI is InChI=1S/C16H23N6/c1-13-19-21(3)16(20(13)2)18-17-14-7-9-15(10-8-14)22-11-5-4-6-12-22/h7-10H,4-6,11-12H2,1-3H3/q+1. The average molecular weight is 299 g/mol. The maximum atomic E-state index is 4.32. The summed E-state index contributed by atoms with van der Waals surface area (Å²) in [6.45, 7) is 4.27. The quantitative estimate of drug-likeness (QED) is 0.646. The van der Waals surface area contributed by atoms with E-state index in [2.05, 4.69) is 32.4 Å². The molecule has 6 heteroatoms. The van der Waals surface area contributed by atoms with E-state index < -0.39 is 0 Å². The molecule has 0 atom stereocenters. The van der Waals surface area contributed by atoms with E-state index in [1.165, 1.54) is 24.9 Å². The second kappa shape index (κ2) is 6.25. The fourth-order valence-corrected chi connectivity index (χ4v) is 2.81. The van der Waals surface area contributed by atoms with Crippen molar-refractivity contribution in [2.45, 2.75) is 26.2 Å². The van der Waals surface area contributed by atoms with Gasteiger partial charge >= 0.3 is 5.95 Å².